The molecular formula is C19H20N3O2S+. The Morgan fingerprint density at radius 2 is 1.84 bits per heavy atom. The maximum atomic E-state index is 11.2. The largest absolute Gasteiger partial charge is 0.331 e. The molecule has 0 radical (unpaired) electrons. The second-order valence-electron chi connectivity index (χ2n) is 6.61. The van der Waals surface area contributed by atoms with E-state index in [9.17, 15) is 10.1 Å². The minimum absolute atomic E-state index is 0.239. The SMILES string of the molecule is O=[N+]([O-])c1ccccc1C[NH+]1CCC(c2nc3ccccc3s2)CC1. The Kier molecular flexibility index (Phi) is 4.46. The lowest BCUT2D eigenvalue weighted by Gasteiger charge is -2.28. The summed E-state index contributed by atoms with van der Waals surface area (Å²) in [4.78, 5) is 17.1. The van der Waals surface area contributed by atoms with Crippen LogP contribution in [0, 0.1) is 10.1 Å². The number of piperidine rings is 1. The fourth-order valence-corrected chi connectivity index (χ4v) is 4.76. The van der Waals surface area contributed by atoms with Crippen molar-refractivity contribution in [3.63, 3.8) is 0 Å². The van der Waals surface area contributed by atoms with Gasteiger partial charge in [0, 0.05) is 24.8 Å². The van der Waals surface area contributed by atoms with Crippen molar-refractivity contribution in [1.82, 2.24) is 4.98 Å². The Bertz CT molecular complexity index is 867. The fraction of sp³-hybridized carbons (Fsp3) is 0.316. The van der Waals surface area contributed by atoms with Crippen molar-refractivity contribution < 1.29 is 9.82 Å². The van der Waals surface area contributed by atoms with Crippen LogP contribution in [0.4, 0.5) is 5.69 Å². The molecule has 1 fully saturated rings. The van der Waals surface area contributed by atoms with Crippen molar-refractivity contribution >= 4 is 27.2 Å². The van der Waals surface area contributed by atoms with E-state index in [2.05, 4.69) is 18.2 Å². The quantitative estimate of drug-likeness (QED) is 0.578. The first-order chi connectivity index (χ1) is 12.2. The van der Waals surface area contributed by atoms with E-state index < -0.39 is 0 Å². The van der Waals surface area contributed by atoms with Crippen LogP contribution in [-0.2, 0) is 6.54 Å². The Labute approximate surface area is 150 Å². The average molecular weight is 354 g/mol. The molecule has 5 nitrogen and oxygen atoms in total. The molecule has 1 aliphatic heterocycles. The van der Waals surface area contributed by atoms with Crippen LogP contribution in [0.25, 0.3) is 10.2 Å². The van der Waals surface area contributed by atoms with Gasteiger partial charge in [0.1, 0.15) is 6.54 Å². The van der Waals surface area contributed by atoms with Crippen LogP contribution in [0.15, 0.2) is 48.5 Å². The van der Waals surface area contributed by atoms with E-state index in [-0.39, 0.29) is 10.6 Å². The van der Waals surface area contributed by atoms with Gasteiger partial charge < -0.3 is 4.90 Å². The van der Waals surface area contributed by atoms with Crippen molar-refractivity contribution in [2.75, 3.05) is 13.1 Å². The second-order valence-corrected chi connectivity index (χ2v) is 7.67. The van der Waals surface area contributed by atoms with Gasteiger partial charge in [-0.2, -0.15) is 0 Å². The standard InChI is InChI=1S/C19H19N3O2S/c23-22(24)17-7-3-1-5-15(17)13-21-11-9-14(10-12-21)19-20-16-6-2-4-8-18(16)25-19/h1-8,14H,9-13H2/p+1. The number of hydrogen-bond acceptors (Lipinski definition) is 4. The minimum atomic E-state index is -0.275. The summed E-state index contributed by atoms with van der Waals surface area (Å²) in [6.45, 7) is 2.79. The van der Waals surface area contributed by atoms with Crippen molar-refractivity contribution in [2.24, 2.45) is 0 Å². The zero-order chi connectivity index (χ0) is 17.2. The normalized spacial score (nSPS) is 20.6. The van der Waals surface area contributed by atoms with Crippen molar-refractivity contribution in [1.29, 1.82) is 0 Å². The molecule has 0 bridgehead atoms. The van der Waals surface area contributed by atoms with E-state index in [0.29, 0.717) is 5.92 Å². The number of quaternary nitrogens is 1. The van der Waals surface area contributed by atoms with Crippen LogP contribution in [0.3, 0.4) is 0 Å². The molecule has 1 saturated heterocycles. The van der Waals surface area contributed by atoms with Crippen LogP contribution in [0.2, 0.25) is 0 Å². The molecule has 0 spiro atoms. The van der Waals surface area contributed by atoms with Gasteiger partial charge in [-0.3, -0.25) is 10.1 Å². The van der Waals surface area contributed by atoms with Crippen LogP contribution in [0.1, 0.15) is 29.3 Å². The molecule has 0 amide bonds. The molecule has 0 unspecified atom stereocenters. The molecule has 0 saturated carbocycles. The van der Waals surface area contributed by atoms with Crippen LogP contribution in [0.5, 0.6) is 0 Å². The lowest BCUT2D eigenvalue weighted by atomic mass is 9.97. The third-order valence-electron chi connectivity index (χ3n) is 4.98. The molecule has 1 aliphatic rings. The molecule has 0 aliphatic carbocycles. The summed E-state index contributed by atoms with van der Waals surface area (Å²) < 4.78 is 1.26. The van der Waals surface area contributed by atoms with Gasteiger partial charge in [-0.1, -0.05) is 24.3 Å². The van der Waals surface area contributed by atoms with Gasteiger partial charge in [0.25, 0.3) is 5.69 Å². The zero-order valence-corrected chi connectivity index (χ0v) is 14.7. The summed E-state index contributed by atoms with van der Waals surface area (Å²) >= 11 is 1.81. The number of nitrogens with zero attached hydrogens (tertiary/aromatic N) is 2. The van der Waals surface area contributed by atoms with Crippen LogP contribution < -0.4 is 4.90 Å². The first kappa shape index (κ1) is 16.2. The van der Waals surface area contributed by atoms with Crippen LogP contribution >= 0.6 is 11.3 Å². The topological polar surface area (TPSA) is 60.5 Å². The number of rotatable bonds is 4. The van der Waals surface area contributed by atoms with E-state index in [1.807, 2.05) is 18.2 Å². The summed E-state index contributed by atoms with van der Waals surface area (Å²) in [5.41, 5.74) is 2.17. The van der Waals surface area contributed by atoms with Gasteiger partial charge in [-0.05, 0) is 18.2 Å². The number of hydrogen-bond donors (Lipinski definition) is 1. The number of thiazole rings is 1. The molecule has 1 N–H and O–H groups in total. The van der Waals surface area contributed by atoms with Gasteiger partial charge in [0.05, 0.1) is 38.8 Å². The van der Waals surface area contributed by atoms with Gasteiger partial charge >= 0.3 is 0 Å². The van der Waals surface area contributed by atoms with Gasteiger partial charge in [0.2, 0.25) is 0 Å². The molecule has 4 rings (SSSR count). The Balaban J connectivity index is 1.42. The number of fused-ring (bicyclic) bond motifs is 1. The van der Waals surface area contributed by atoms with E-state index in [0.717, 1.165) is 43.6 Å². The van der Waals surface area contributed by atoms with Gasteiger partial charge in [-0.15, -0.1) is 11.3 Å². The lowest BCUT2D eigenvalue weighted by Crippen LogP contribution is -3.11. The highest BCUT2D eigenvalue weighted by molar-refractivity contribution is 7.18. The summed E-state index contributed by atoms with van der Waals surface area (Å²) in [7, 11) is 0. The Hall–Kier alpha value is -2.31. The molecule has 128 valence electrons. The molecule has 1 aromatic heterocycles. The number of nitro groups is 1. The smallest absolute Gasteiger partial charge is 0.278 e. The number of likely N-dealkylation sites (tertiary alicyclic amines) is 1. The Morgan fingerprint density at radius 3 is 2.60 bits per heavy atom. The molecule has 2 heterocycles. The van der Waals surface area contributed by atoms with E-state index in [4.69, 9.17) is 4.98 Å². The summed E-state index contributed by atoms with van der Waals surface area (Å²) in [5, 5.41) is 12.4. The predicted molar refractivity (Wildman–Crippen MR) is 99.1 cm³/mol. The third kappa shape index (κ3) is 3.41. The summed E-state index contributed by atoms with van der Waals surface area (Å²) in [6.07, 6.45) is 2.19. The van der Waals surface area contributed by atoms with E-state index in [1.54, 1.807) is 23.5 Å². The maximum Gasteiger partial charge on any atom is 0.278 e. The summed E-state index contributed by atoms with van der Waals surface area (Å²) in [5.74, 6) is 0.520. The van der Waals surface area contributed by atoms with Gasteiger partial charge in [0.15, 0.2) is 0 Å². The minimum Gasteiger partial charge on any atom is -0.331 e. The lowest BCUT2D eigenvalue weighted by molar-refractivity contribution is -0.919. The highest BCUT2D eigenvalue weighted by atomic mass is 32.1. The van der Waals surface area contributed by atoms with Crippen LogP contribution in [-0.4, -0.2) is 23.0 Å². The maximum absolute atomic E-state index is 11.2. The summed E-state index contributed by atoms with van der Waals surface area (Å²) in [6, 6.07) is 15.4. The Morgan fingerprint density at radius 1 is 1.12 bits per heavy atom. The molecule has 2 aromatic carbocycles. The third-order valence-corrected chi connectivity index (χ3v) is 6.18. The number of aromatic nitrogens is 1. The monoisotopic (exact) mass is 354 g/mol. The number of nitrogens with one attached hydrogen (secondary N) is 1. The first-order valence-electron chi connectivity index (χ1n) is 8.62. The zero-order valence-electron chi connectivity index (χ0n) is 13.9. The van der Waals surface area contributed by atoms with Crippen molar-refractivity contribution in [2.45, 2.75) is 25.3 Å². The predicted octanol–water partition coefficient (Wildman–Crippen LogP) is 3.17. The van der Waals surface area contributed by atoms with E-state index >= 15 is 0 Å². The second kappa shape index (κ2) is 6.90. The molecular weight excluding hydrogens is 334 g/mol. The van der Waals surface area contributed by atoms with E-state index in [1.165, 1.54) is 14.6 Å². The molecule has 25 heavy (non-hydrogen) atoms. The highest BCUT2D eigenvalue weighted by Gasteiger charge is 2.27. The highest BCUT2D eigenvalue weighted by Crippen LogP contribution is 2.31. The first-order valence-corrected chi connectivity index (χ1v) is 9.43. The van der Waals surface area contributed by atoms with Gasteiger partial charge in [-0.25, -0.2) is 4.98 Å². The average Bonchev–Trinajstić information content (AvgIpc) is 3.07. The van der Waals surface area contributed by atoms with Crippen molar-refractivity contribution in [3.05, 3.63) is 69.2 Å². The number of nitro benzene ring substituents is 1. The molecule has 3 aromatic rings. The number of benzene rings is 2. The molecule has 0 atom stereocenters. The van der Waals surface area contributed by atoms with Crippen molar-refractivity contribution in [3.8, 4) is 0 Å². The fourth-order valence-electron chi connectivity index (χ4n) is 3.62. The number of para-hydroxylation sites is 2. The molecule has 6 heteroatoms.